The molecule has 0 spiro atoms. The zero-order valence-electron chi connectivity index (χ0n) is 14.8. The van der Waals surface area contributed by atoms with Crippen molar-refractivity contribution in [3.63, 3.8) is 0 Å². The monoisotopic (exact) mass is 387 g/mol. The van der Waals surface area contributed by atoms with E-state index >= 15 is 0 Å². The van der Waals surface area contributed by atoms with Crippen molar-refractivity contribution in [1.82, 2.24) is 15.3 Å². The summed E-state index contributed by atoms with van der Waals surface area (Å²) < 4.78 is 5.35. The highest BCUT2D eigenvalue weighted by Gasteiger charge is 2.27. The number of carbonyl (C=O) groups excluding carboxylic acids is 2. The predicted octanol–water partition coefficient (Wildman–Crippen LogP) is 1.65. The second kappa shape index (κ2) is 8.01. The minimum absolute atomic E-state index is 0.0722. The number of anilines is 2. The van der Waals surface area contributed by atoms with Crippen molar-refractivity contribution in [1.29, 1.82) is 0 Å². The summed E-state index contributed by atoms with van der Waals surface area (Å²) in [6.07, 6.45) is 3.47. The van der Waals surface area contributed by atoms with Gasteiger partial charge in [-0.05, 0) is 24.8 Å². The number of nitrogens with zero attached hydrogens (tertiary/aromatic N) is 3. The lowest BCUT2D eigenvalue weighted by Gasteiger charge is -2.29. The molecule has 8 nitrogen and oxygen atoms in total. The van der Waals surface area contributed by atoms with E-state index in [2.05, 4.69) is 20.6 Å². The molecule has 2 aliphatic heterocycles. The van der Waals surface area contributed by atoms with Gasteiger partial charge in [0.15, 0.2) is 5.82 Å². The Labute approximate surface area is 161 Å². The molecule has 2 amide bonds. The molecule has 0 saturated carbocycles. The molecule has 4 heterocycles. The van der Waals surface area contributed by atoms with Crippen LogP contribution in [0.2, 0.25) is 0 Å². The standard InChI is InChI=1S/C18H21N5O3S/c24-16-8-20-17-15(23(16)9-14-10-27-11-22-14)5-13(7-19-17)18(25)21-6-12-1-3-26-4-2-12/h5,7,10-12H,1-4,6,8-9H2,(H,19,20)(H,21,25). The molecular formula is C18H21N5O3S. The molecule has 0 unspecified atom stereocenters. The molecule has 142 valence electrons. The first-order valence-electron chi connectivity index (χ1n) is 8.98. The predicted molar refractivity (Wildman–Crippen MR) is 102 cm³/mol. The van der Waals surface area contributed by atoms with E-state index < -0.39 is 0 Å². The largest absolute Gasteiger partial charge is 0.381 e. The van der Waals surface area contributed by atoms with Crippen LogP contribution in [0, 0.1) is 5.92 Å². The maximum Gasteiger partial charge on any atom is 0.252 e. The maximum atomic E-state index is 12.6. The first kappa shape index (κ1) is 17.9. The topological polar surface area (TPSA) is 96.4 Å². The van der Waals surface area contributed by atoms with E-state index in [0.717, 1.165) is 31.7 Å². The summed E-state index contributed by atoms with van der Waals surface area (Å²) in [5, 5.41) is 7.89. The van der Waals surface area contributed by atoms with Crippen LogP contribution in [-0.4, -0.2) is 48.1 Å². The lowest BCUT2D eigenvalue weighted by molar-refractivity contribution is -0.117. The summed E-state index contributed by atoms with van der Waals surface area (Å²) in [6.45, 7) is 2.67. The van der Waals surface area contributed by atoms with E-state index in [0.29, 0.717) is 36.1 Å². The van der Waals surface area contributed by atoms with Gasteiger partial charge in [-0.2, -0.15) is 0 Å². The molecule has 4 rings (SSSR count). The Balaban J connectivity index is 1.49. The van der Waals surface area contributed by atoms with Gasteiger partial charge in [0.1, 0.15) is 0 Å². The van der Waals surface area contributed by atoms with Crippen LogP contribution < -0.4 is 15.5 Å². The SMILES string of the molecule is O=C(NCC1CCOCC1)c1cnc2c(c1)N(Cc1cscn1)C(=O)CN2. The maximum absolute atomic E-state index is 12.6. The highest BCUT2D eigenvalue weighted by molar-refractivity contribution is 7.07. The lowest BCUT2D eigenvalue weighted by atomic mass is 10.0. The number of nitrogens with one attached hydrogen (secondary N) is 2. The van der Waals surface area contributed by atoms with E-state index in [-0.39, 0.29) is 18.4 Å². The number of rotatable bonds is 5. The summed E-state index contributed by atoms with van der Waals surface area (Å²) >= 11 is 1.49. The zero-order valence-corrected chi connectivity index (χ0v) is 15.6. The quantitative estimate of drug-likeness (QED) is 0.810. The van der Waals surface area contributed by atoms with Crippen LogP contribution in [0.1, 0.15) is 28.9 Å². The number of aromatic nitrogens is 2. The van der Waals surface area contributed by atoms with Gasteiger partial charge >= 0.3 is 0 Å². The van der Waals surface area contributed by atoms with Gasteiger partial charge < -0.3 is 20.3 Å². The Morgan fingerprint density at radius 1 is 1.37 bits per heavy atom. The molecule has 1 saturated heterocycles. The van der Waals surface area contributed by atoms with Gasteiger partial charge in [0.05, 0.1) is 35.5 Å². The minimum Gasteiger partial charge on any atom is -0.381 e. The van der Waals surface area contributed by atoms with E-state index in [1.54, 1.807) is 22.7 Å². The van der Waals surface area contributed by atoms with Crippen molar-refractivity contribution in [2.24, 2.45) is 5.92 Å². The lowest BCUT2D eigenvalue weighted by Crippen LogP contribution is -2.40. The molecule has 0 aromatic carbocycles. The summed E-state index contributed by atoms with van der Waals surface area (Å²) in [4.78, 5) is 35.2. The Morgan fingerprint density at radius 2 is 2.22 bits per heavy atom. The third kappa shape index (κ3) is 4.09. The Hall–Kier alpha value is -2.52. The minimum atomic E-state index is -0.177. The molecule has 2 N–H and O–H groups in total. The van der Waals surface area contributed by atoms with E-state index in [1.807, 2.05) is 5.38 Å². The van der Waals surface area contributed by atoms with E-state index in [9.17, 15) is 9.59 Å². The Morgan fingerprint density at radius 3 is 3.00 bits per heavy atom. The fourth-order valence-corrected chi connectivity index (χ4v) is 3.80. The van der Waals surface area contributed by atoms with Crippen LogP contribution in [0.25, 0.3) is 0 Å². The van der Waals surface area contributed by atoms with Crippen molar-refractivity contribution in [2.45, 2.75) is 19.4 Å². The van der Waals surface area contributed by atoms with Gasteiger partial charge in [0.25, 0.3) is 5.91 Å². The van der Waals surface area contributed by atoms with Gasteiger partial charge in [-0.1, -0.05) is 0 Å². The summed E-state index contributed by atoms with van der Waals surface area (Å²) in [7, 11) is 0. The number of ether oxygens (including phenoxy) is 1. The first-order chi connectivity index (χ1) is 13.2. The van der Waals surface area contributed by atoms with Gasteiger partial charge in [-0.15, -0.1) is 11.3 Å². The molecule has 0 atom stereocenters. The smallest absolute Gasteiger partial charge is 0.252 e. The van der Waals surface area contributed by atoms with Crippen molar-refractivity contribution < 1.29 is 14.3 Å². The molecule has 2 aliphatic rings. The van der Waals surface area contributed by atoms with Gasteiger partial charge in [-0.25, -0.2) is 9.97 Å². The van der Waals surface area contributed by atoms with Crippen LogP contribution in [0.3, 0.4) is 0 Å². The molecule has 0 aliphatic carbocycles. The fourth-order valence-electron chi connectivity index (χ4n) is 3.25. The second-order valence-corrected chi connectivity index (χ2v) is 7.39. The average Bonchev–Trinajstić information content (AvgIpc) is 3.22. The van der Waals surface area contributed by atoms with Crippen LogP contribution in [0.5, 0.6) is 0 Å². The highest BCUT2D eigenvalue weighted by atomic mass is 32.1. The number of carbonyl (C=O) groups is 2. The molecule has 1 fully saturated rings. The molecule has 2 aromatic rings. The number of hydrogen-bond acceptors (Lipinski definition) is 7. The van der Waals surface area contributed by atoms with Crippen LogP contribution in [0.15, 0.2) is 23.2 Å². The number of pyridine rings is 1. The number of amides is 2. The van der Waals surface area contributed by atoms with Crippen molar-refractivity contribution >= 4 is 34.7 Å². The molecular weight excluding hydrogens is 366 g/mol. The third-order valence-corrected chi connectivity index (χ3v) is 5.46. The molecule has 2 aromatic heterocycles. The highest BCUT2D eigenvalue weighted by Crippen LogP contribution is 2.29. The van der Waals surface area contributed by atoms with Gasteiger partial charge in [0, 0.05) is 31.3 Å². The molecule has 9 heteroatoms. The normalized spacial score (nSPS) is 17.3. The fraction of sp³-hybridized carbons (Fsp3) is 0.444. The third-order valence-electron chi connectivity index (χ3n) is 4.82. The van der Waals surface area contributed by atoms with Crippen molar-refractivity contribution in [3.05, 3.63) is 34.4 Å². The summed E-state index contributed by atoms with van der Waals surface area (Å²) in [6, 6.07) is 1.72. The average molecular weight is 387 g/mol. The number of thiazole rings is 1. The number of fused-ring (bicyclic) bond motifs is 1. The van der Waals surface area contributed by atoms with E-state index in [4.69, 9.17) is 4.74 Å². The Bertz CT molecular complexity index is 820. The molecule has 27 heavy (non-hydrogen) atoms. The van der Waals surface area contributed by atoms with Crippen LogP contribution >= 0.6 is 11.3 Å². The van der Waals surface area contributed by atoms with Gasteiger partial charge in [0.2, 0.25) is 5.91 Å². The van der Waals surface area contributed by atoms with Crippen molar-refractivity contribution in [3.8, 4) is 0 Å². The van der Waals surface area contributed by atoms with Crippen LogP contribution in [0.4, 0.5) is 11.5 Å². The molecule has 0 radical (unpaired) electrons. The summed E-state index contributed by atoms with van der Waals surface area (Å²) in [5.41, 5.74) is 3.61. The number of hydrogen-bond donors (Lipinski definition) is 2. The van der Waals surface area contributed by atoms with Crippen LogP contribution in [-0.2, 0) is 16.1 Å². The van der Waals surface area contributed by atoms with E-state index in [1.165, 1.54) is 11.3 Å². The second-order valence-electron chi connectivity index (χ2n) is 6.67. The summed E-state index contributed by atoms with van der Waals surface area (Å²) in [5.74, 6) is 0.795. The Kier molecular flexibility index (Phi) is 5.30. The van der Waals surface area contributed by atoms with Crippen molar-refractivity contribution in [2.75, 3.05) is 36.5 Å². The molecule has 0 bridgehead atoms. The first-order valence-corrected chi connectivity index (χ1v) is 9.92. The zero-order chi connectivity index (χ0) is 18.6. The van der Waals surface area contributed by atoms with Gasteiger partial charge in [-0.3, -0.25) is 9.59 Å².